The van der Waals surface area contributed by atoms with E-state index in [0.717, 1.165) is 11.1 Å². The third-order valence-electron chi connectivity index (χ3n) is 3.05. The number of fused-ring (bicyclic) bond motifs is 1. The van der Waals surface area contributed by atoms with Crippen LogP contribution in [0.15, 0.2) is 35.5 Å². The van der Waals surface area contributed by atoms with Crippen molar-refractivity contribution in [2.45, 2.75) is 18.6 Å². The second-order valence-electron chi connectivity index (χ2n) is 4.02. The summed E-state index contributed by atoms with van der Waals surface area (Å²) in [5, 5.41) is 0. The average Bonchev–Trinajstić information content (AvgIpc) is 2.66. The lowest BCUT2D eigenvalue weighted by Crippen LogP contribution is -2.34. The Labute approximate surface area is 88.1 Å². The predicted octanol–water partition coefficient (Wildman–Crippen LogP) is 1.51. The number of carbonyl (C=O) groups excluding carboxylic acids is 1. The van der Waals surface area contributed by atoms with E-state index < -0.39 is 5.79 Å². The molecule has 0 atom stereocenters. The van der Waals surface area contributed by atoms with Crippen LogP contribution in [-0.2, 0) is 14.3 Å². The Morgan fingerprint density at radius 2 is 2.07 bits per heavy atom. The van der Waals surface area contributed by atoms with Gasteiger partial charge in [0.25, 0.3) is 0 Å². The van der Waals surface area contributed by atoms with E-state index in [0.29, 0.717) is 26.1 Å². The van der Waals surface area contributed by atoms with Crippen LogP contribution in [0.3, 0.4) is 0 Å². The van der Waals surface area contributed by atoms with Crippen molar-refractivity contribution in [3.63, 3.8) is 0 Å². The second-order valence-corrected chi connectivity index (χ2v) is 4.02. The van der Waals surface area contributed by atoms with Crippen molar-refractivity contribution in [2.75, 3.05) is 13.2 Å². The zero-order chi connectivity index (χ0) is 10.3. The van der Waals surface area contributed by atoms with E-state index in [1.54, 1.807) is 12.2 Å². The van der Waals surface area contributed by atoms with Crippen LogP contribution in [0.4, 0.5) is 0 Å². The zero-order valence-electron chi connectivity index (χ0n) is 8.36. The van der Waals surface area contributed by atoms with Crippen LogP contribution in [0.2, 0.25) is 0 Å². The fraction of sp³-hybridized carbons (Fsp3) is 0.417. The highest BCUT2D eigenvalue weighted by Crippen LogP contribution is 2.39. The first-order chi connectivity index (χ1) is 7.29. The molecule has 1 heterocycles. The zero-order valence-corrected chi connectivity index (χ0v) is 8.36. The molecule has 3 nitrogen and oxygen atoms in total. The quantitative estimate of drug-likeness (QED) is 0.600. The molecule has 0 bridgehead atoms. The van der Waals surface area contributed by atoms with Gasteiger partial charge in [-0.1, -0.05) is 18.2 Å². The van der Waals surface area contributed by atoms with Crippen molar-refractivity contribution in [2.24, 2.45) is 0 Å². The molecule has 1 spiro atoms. The van der Waals surface area contributed by atoms with Crippen LogP contribution < -0.4 is 0 Å². The molecular weight excluding hydrogens is 192 g/mol. The lowest BCUT2D eigenvalue weighted by molar-refractivity contribution is -0.154. The van der Waals surface area contributed by atoms with Gasteiger partial charge in [-0.2, -0.15) is 0 Å². The molecule has 0 N–H and O–H groups in total. The largest absolute Gasteiger partial charge is 0.347 e. The molecule has 3 rings (SSSR count). The Morgan fingerprint density at radius 3 is 2.87 bits per heavy atom. The molecule has 1 aliphatic heterocycles. The highest BCUT2D eigenvalue weighted by atomic mass is 16.7. The maximum atomic E-state index is 11.6. The first-order valence-corrected chi connectivity index (χ1v) is 5.19. The molecule has 3 heteroatoms. The van der Waals surface area contributed by atoms with Gasteiger partial charge in [-0.3, -0.25) is 4.79 Å². The van der Waals surface area contributed by atoms with E-state index in [-0.39, 0.29) is 5.78 Å². The van der Waals surface area contributed by atoms with Crippen LogP contribution in [0.1, 0.15) is 12.8 Å². The number of carbonyl (C=O) groups is 1. The minimum Gasteiger partial charge on any atom is -0.347 e. The second kappa shape index (κ2) is 3.15. The third kappa shape index (κ3) is 1.39. The number of rotatable bonds is 0. The minimum absolute atomic E-state index is 0.0975. The summed E-state index contributed by atoms with van der Waals surface area (Å²) in [6.45, 7) is 1.31. The maximum absolute atomic E-state index is 11.6. The fourth-order valence-corrected chi connectivity index (χ4v) is 2.31. The van der Waals surface area contributed by atoms with Crippen LogP contribution in [0.5, 0.6) is 0 Å². The molecule has 0 unspecified atom stereocenters. The summed E-state index contributed by atoms with van der Waals surface area (Å²) in [6.07, 6.45) is 8.67. The molecular formula is C12H12O3. The van der Waals surface area contributed by atoms with Crippen molar-refractivity contribution < 1.29 is 14.3 Å². The molecule has 0 radical (unpaired) electrons. The number of ether oxygens (including phenoxy) is 2. The van der Waals surface area contributed by atoms with Crippen LogP contribution in [0, 0.1) is 0 Å². The average molecular weight is 204 g/mol. The van der Waals surface area contributed by atoms with E-state index >= 15 is 0 Å². The van der Waals surface area contributed by atoms with Gasteiger partial charge in [0, 0.05) is 18.4 Å². The van der Waals surface area contributed by atoms with Gasteiger partial charge in [-0.05, 0) is 11.6 Å². The molecule has 0 amide bonds. The summed E-state index contributed by atoms with van der Waals surface area (Å²) in [5.74, 6) is -0.388. The normalized spacial score (nSPS) is 27.6. The Morgan fingerprint density at radius 1 is 1.27 bits per heavy atom. The summed E-state index contributed by atoms with van der Waals surface area (Å²) in [4.78, 5) is 11.6. The fourth-order valence-electron chi connectivity index (χ4n) is 2.31. The number of ketones is 1. The molecule has 3 aliphatic rings. The first-order valence-electron chi connectivity index (χ1n) is 5.19. The van der Waals surface area contributed by atoms with E-state index in [9.17, 15) is 4.79 Å². The van der Waals surface area contributed by atoms with Gasteiger partial charge in [0.2, 0.25) is 0 Å². The molecule has 2 aliphatic carbocycles. The molecule has 1 fully saturated rings. The molecule has 15 heavy (non-hydrogen) atoms. The smallest absolute Gasteiger partial charge is 0.185 e. The lowest BCUT2D eigenvalue weighted by atomic mass is 9.84. The van der Waals surface area contributed by atoms with Crippen molar-refractivity contribution >= 4 is 5.78 Å². The molecule has 0 aromatic carbocycles. The predicted molar refractivity (Wildman–Crippen MR) is 54.2 cm³/mol. The van der Waals surface area contributed by atoms with Gasteiger partial charge in [0.1, 0.15) is 0 Å². The van der Waals surface area contributed by atoms with Crippen molar-refractivity contribution in [3.8, 4) is 0 Å². The van der Waals surface area contributed by atoms with Crippen molar-refractivity contribution in [1.29, 1.82) is 0 Å². The molecule has 0 aromatic rings. The number of hydrogen-bond acceptors (Lipinski definition) is 3. The third-order valence-corrected chi connectivity index (χ3v) is 3.05. The van der Waals surface area contributed by atoms with Crippen LogP contribution in [0.25, 0.3) is 0 Å². The molecule has 78 valence electrons. The summed E-state index contributed by atoms with van der Waals surface area (Å²) >= 11 is 0. The molecule has 0 saturated carbocycles. The number of hydrogen-bond donors (Lipinski definition) is 0. The highest BCUT2D eigenvalue weighted by Gasteiger charge is 2.40. The summed E-state index contributed by atoms with van der Waals surface area (Å²) in [6, 6.07) is 0. The van der Waals surface area contributed by atoms with Gasteiger partial charge in [-0.15, -0.1) is 0 Å². The van der Waals surface area contributed by atoms with Gasteiger partial charge < -0.3 is 9.47 Å². The Kier molecular flexibility index (Phi) is 1.90. The standard InChI is InChI=1S/C12H12O3/c13-11-3-1-2-9-8-12(5-4-10(9)11)14-6-7-15-12/h1-4H,5-8H2. The van der Waals surface area contributed by atoms with Crippen LogP contribution >= 0.6 is 0 Å². The first kappa shape index (κ1) is 9.07. The van der Waals surface area contributed by atoms with Crippen molar-refractivity contribution in [1.82, 2.24) is 0 Å². The Hall–Kier alpha value is -1.19. The monoisotopic (exact) mass is 204 g/mol. The molecule has 1 saturated heterocycles. The summed E-state index contributed by atoms with van der Waals surface area (Å²) in [7, 11) is 0. The SMILES string of the molecule is O=C1C=CC=C2CC3(CC=C12)OCCO3. The Balaban J connectivity index is 1.95. The van der Waals surface area contributed by atoms with E-state index in [4.69, 9.17) is 9.47 Å². The number of allylic oxidation sites excluding steroid dienone is 4. The Bertz CT molecular complexity index is 395. The van der Waals surface area contributed by atoms with E-state index in [1.807, 2.05) is 12.2 Å². The minimum atomic E-state index is -0.485. The maximum Gasteiger partial charge on any atom is 0.185 e. The summed E-state index contributed by atoms with van der Waals surface area (Å²) < 4.78 is 11.2. The van der Waals surface area contributed by atoms with E-state index in [1.165, 1.54) is 0 Å². The summed E-state index contributed by atoms with van der Waals surface area (Å²) in [5.41, 5.74) is 1.86. The van der Waals surface area contributed by atoms with E-state index in [2.05, 4.69) is 0 Å². The van der Waals surface area contributed by atoms with Gasteiger partial charge in [0.15, 0.2) is 11.6 Å². The molecule has 0 aromatic heterocycles. The van der Waals surface area contributed by atoms with Gasteiger partial charge >= 0.3 is 0 Å². The van der Waals surface area contributed by atoms with Gasteiger partial charge in [0.05, 0.1) is 13.2 Å². The highest BCUT2D eigenvalue weighted by molar-refractivity contribution is 6.08. The van der Waals surface area contributed by atoms with Gasteiger partial charge in [-0.25, -0.2) is 0 Å². The van der Waals surface area contributed by atoms with Crippen LogP contribution in [-0.4, -0.2) is 24.8 Å². The lowest BCUT2D eigenvalue weighted by Gasteiger charge is -2.32. The topological polar surface area (TPSA) is 35.5 Å². The van der Waals surface area contributed by atoms with Crippen molar-refractivity contribution in [3.05, 3.63) is 35.5 Å².